The van der Waals surface area contributed by atoms with E-state index in [1.807, 2.05) is 0 Å². The molecule has 0 bridgehead atoms. The molecule has 0 radical (unpaired) electrons. The van der Waals surface area contributed by atoms with Crippen LogP contribution in [0.2, 0.25) is 0 Å². The van der Waals surface area contributed by atoms with Crippen LogP contribution in [-0.2, 0) is 9.53 Å². The smallest absolute Gasteiger partial charge is 0.349 e. The highest BCUT2D eigenvalue weighted by atomic mass is 32.1. The topological polar surface area (TPSA) is 154 Å². The number of nitrogens with one attached hydrogen (secondary N) is 2. The van der Waals surface area contributed by atoms with Gasteiger partial charge in [-0.1, -0.05) is 0 Å². The Balaban J connectivity index is 1.73. The average molecular weight is 432 g/mol. The Morgan fingerprint density at radius 1 is 1.33 bits per heavy atom. The molecule has 3 rings (SSSR count). The first-order valence-corrected chi connectivity index (χ1v) is 9.32. The summed E-state index contributed by atoms with van der Waals surface area (Å²) in [4.78, 5) is 54.4. The van der Waals surface area contributed by atoms with Crippen LogP contribution in [0.25, 0.3) is 10.2 Å². The second-order valence-electron chi connectivity index (χ2n) is 6.15. The van der Waals surface area contributed by atoms with Crippen LogP contribution in [0.1, 0.15) is 21.1 Å². The molecular weight excluding hydrogens is 416 g/mol. The van der Waals surface area contributed by atoms with Gasteiger partial charge in [0.1, 0.15) is 27.0 Å². The Bertz CT molecular complexity index is 1230. The Labute approximate surface area is 172 Å². The van der Waals surface area contributed by atoms with Crippen molar-refractivity contribution >= 4 is 44.8 Å². The van der Waals surface area contributed by atoms with Gasteiger partial charge in [-0.15, -0.1) is 11.3 Å². The fourth-order valence-electron chi connectivity index (χ4n) is 2.72. The fourth-order valence-corrected chi connectivity index (χ4v) is 3.85. The molecule has 0 aliphatic rings. The van der Waals surface area contributed by atoms with Crippen LogP contribution in [0.4, 0.5) is 11.4 Å². The first-order valence-electron chi connectivity index (χ1n) is 8.50. The highest BCUT2D eigenvalue weighted by Gasteiger charge is 2.22. The molecule has 30 heavy (non-hydrogen) atoms. The third-order valence-corrected chi connectivity index (χ3v) is 5.28. The van der Waals surface area contributed by atoms with Gasteiger partial charge in [-0.2, -0.15) is 0 Å². The molecule has 0 aliphatic heterocycles. The number of esters is 1. The molecule has 0 spiro atoms. The Morgan fingerprint density at radius 3 is 2.73 bits per heavy atom. The Kier molecular flexibility index (Phi) is 5.78. The molecule has 0 saturated carbocycles. The Morgan fingerprint density at radius 2 is 2.07 bits per heavy atom. The normalized spacial score (nSPS) is 10.6. The lowest BCUT2D eigenvalue weighted by Crippen LogP contribution is -2.21. The van der Waals surface area contributed by atoms with Crippen molar-refractivity contribution in [2.75, 3.05) is 19.0 Å². The van der Waals surface area contributed by atoms with E-state index in [2.05, 4.69) is 15.3 Å². The number of rotatable bonds is 6. The number of hydrogen-bond acceptors (Lipinski definition) is 9. The van der Waals surface area contributed by atoms with Crippen molar-refractivity contribution in [2.45, 2.75) is 13.8 Å². The maximum absolute atomic E-state index is 12.4. The molecule has 2 aromatic heterocycles. The SMILES string of the molecule is COc1ccc(NC(=O)COC(=O)c2sc3nc(C)[nH]c(=O)c3c2C)c([N+](=O)[O-])c1. The molecule has 2 heterocycles. The summed E-state index contributed by atoms with van der Waals surface area (Å²) in [7, 11) is 1.36. The number of methoxy groups -OCH3 is 1. The minimum Gasteiger partial charge on any atom is -0.496 e. The van der Waals surface area contributed by atoms with Crippen LogP contribution in [-0.4, -0.2) is 40.5 Å². The summed E-state index contributed by atoms with van der Waals surface area (Å²) in [5.41, 5.74) is -0.393. The first kappa shape index (κ1) is 20.9. The van der Waals surface area contributed by atoms with Crippen LogP contribution in [0.3, 0.4) is 0 Å². The number of aryl methyl sites for hydroxylation is 2. The predicted octanol–water partition coefficient (Wildman–Crippen LogP) is 2.31. The maximum atomic E-state index is 12.4. The second-order valence-corrected chi connectivity index (χ2v) is 7.15. The third kappa shape index (κ3) is 4.12. The van der Waals surface area contributed by atoms with Crippen LogP contribution in [0.15, 0.2) is 23.0 Å². The molecule has 0 aliphatic carbocycles. The molecule has 2 N–H and O–H groups in total. The molecule has 0 fully saturated rings. The van der Waals surface area contributed by atoms with Gasteiger partial charge in [-0.05, 0) is 31.5 Å². The zero-order valence-electron chi connectivity index (χ0n) is 16.1. The van der Waals surface area contributed by atoms with Crippen LogP contribution in [0.5, 0.6) is 5.75 Å². The van der Waals surface area contributed by atoms with Crippen molar-refractivity contribution in [3.05, 3.63) is 54.9 Å². The van der Waals surface area contributed by atoms with Crippen molar-refractivity contribution in [1.82, 2.24) is 9.97 Å². The summed E-state index contributed by atoms with van der Waals surface area (Å²) in [5.74, 6) is -0.895. The second kappa shape index (κ2) is 8.29. The van der Waals surface area contributed by atoms with E-state index in [0.29, 0.717) is 16.2 Å². The van der Waals surface area contributed by atoms with Gasteiger partial charge < -0.3 is 19.8 Å². The van der Waals surface area contributed by atoms with Gasteiger partial charge >= 0.3 is 5.97 Å². The number of carbonyl (C=O) groups is 2. The standard InChI is InChI=1S/C18H16N4O7S/c1-8-14-16(24)19-9(2)20-17(14)30-15(8)18(25)29-7-13(23)21-11-5-4-10(28-3)6-12(11)22(26)27/h4-6H,7H2,1-3H3,(H,21,23)(H,19,20,24). The van der Waals surface area contributed by atoms with E-state index in [1.165, 1.54) is 19.2 Å². The zero-order chi connectivity index (χ0) is 22.0. The third-order valence-electron chi connectivity index (χ3n) is 4.11. The average Bonchev–Trinajstić information content (AvgIpc) is 3.02. The molecule has 1 amide bonds. The lowest BCUT2D eigenvalue weighted by atomic mass is 10.2. The summed E-state index contributed by atoms with van der Waals surface area (Å²) in [6, 6.07) is 3.92. The molecule has 0 saturated heterocycles. The summed E-state index contributed by atoms with van der Waals surface area (Å²) in [6.07, 6.45) is 0. The van der Waals surface area contributed by atoms with Crippen molar-refractivity contribution in [2.24, 2.45) is 0 Å². The summed E-state index contributed by atoms with van der Waals surface area (Å²) in [5, 5.41) is 13.8. The first-order chi connectivity index (χ1) is 14.2. The number of benzene rings is 1. The lowest BCUT2D eigenvalue weighted by Gasteiger charge is -2.08. The maximum Gasteiger partial charge on any atom is 0.349 e. The number of aromatic amines is 1. The van der Waals surface area contributed by atoms with E-state index in [-0.39, 0.29) is 32.9 Å². The number of fused-ring (bicyclic) bond motifs is 1. The van der Waals surface area contributed by atoms with Crippen molar-refractivity contribution < 1.29 is 24.0 Å². The minimum atomic E-state index is -0.799. The summed E-state index contributed by atoms with van der Waals surface area (Å²) < 4.78 is 9.94. The molecule has 3 aromatic rings. The molecule has 0 unspecified atom stereocenters. The molecule has 0 atom stereocenters. The van der Waals surface area contributed by atoms with E-state index in [1.54, 1.807) is 13.8 Å². The van der Waals surface area contributed by atoms with Gasteiger partial charge in [0.05, 0.1) is 23.5 Å². The molecule has 12 heteroatoms. The van der Waals surface area contributed by atoms with Gasteiger partial charge in [0.2, 0.25) is 0 Å². The van der Waals surface area contributed by atoms with Crippen molar-refractivity contribution in [3.8, 4) is 5.75 Å². The number of anilines is 1. The van der Waals surface area contributed by atoms with Gasteiger partial charge in [0.25, 0.3) is 17.2 Å². The van der Waals surface area contributed by atoms with Crippen molar-refractivity contribution in [3.63, 3.8) is 0 Å². The predicted molar refractivity (Wildman–Crippen MR) is 108 cm³/mol. The monoisotopic (exact) mass is 432 g/mol. The number of carbonyl (C=O) groups excluding carboxylic acids is 2. The van der Waals surface area contributed by atoms with E-state index in [0.717, 1.165) is 17.4 Å². The van der Waals surface area contributed by atoms with E-state index in [4.69, 9.17) is 9.47 Å². The summed E-state index contributed by atoms with van der Waals surface area (Å²) in [6.45, 7) is 2.54. The molecule has 156 valence electrons. The molecule has 1 aromatic carbocycles. The largest absolute Gasteiger partial charge is 0.496 e. The van der Waals surface area contributed by atoms with Gasteiger partial charge in [-0.3, -0.25) is 19.7 Å². The number of H-pyrrole nitrogens is 1. The minimum absolute atomic E-state index is 0.0638. The fraction of sp³-hybridized carbons (Fsp3) is 0.222. The van der Waals surface area contributed by atoms with E-state index < -0.39 is 23.4 Å². The molecule has 11 nitrogen and oxygen atoms in total. The van der Waals surface area contributed by atoms with Crippen LogP contribution < -0.4 is 15.6 Å². The quantitative estimate of drug-likeness (QED) is 0.342. The van der Waals surface area contributed by atoms with Crippen LogP contribution >= 0.6 is 11.3 Å². The summed E-state index contributed by atoms with van der Waals surface area (Å²) >= 11 is 0.986. The number of nitro groups is 1. The number of nitrogens with zero attached hydrogens (tertiary/aromatic N) is 2. The number of hydrogen-bond donors (Lipinski definition) is 2. The number of thiophene rings is 1. The Hall–Kier alpha value is -3.80. The highest BCUT2D eigenvalue weighted by molar-refractivity contribution is 7.20. The lowest BCUT2D eigenvalue weighted by molar-refractivity contribution is -0.384. The van der Waals surface area contributed by atoms with Gasteiger partial charge in [0, 0.05) is 0 Å². The number of aromatic nitrogens is 2. The number of amides is 1. The zero-order valence-corrected chi connectivity index (χ0v) is 16.9. The number of nitro benzene ring substituents is 1. The van der Waals surface area contributed by atoms with Crippen LogP contribution in [0, 0.1) is 24.0 Å². The van der Waals surface area contributed by atoms with E-state index >= 15 is 0 Å². The van der Waals surface area contributed by atoms with Crippen molar-refractivity contribution in [1.29, 1.82) is 0 Å². The van der Waals surface area contributed by atoms with Gasteiger partial charge in [-0.25, -0.2) is 9.78 Å². The molecular formula is C18H16N4O7S. The van der Waals surface area contributed by atoms with Gasteiger partial charge in [0.15, 0.2) is 6.61 Å². The highest BCUT2D eigenvalue weighted by Crippen LogP contribution is 2.29. The number of ether oxygens (including phenoxy) is 2. The van der Waals surface area contributed by atoms with E-state index in [9.17, 15) is 24.5 Å².